The summed E-state index contributed by atoms with van der Waals surface area (Å²) in [5, 5.41) is 0. The van der Waals surface area contributed by atoms with Crippen molar-refractivity contribution >= 4 is 12.3 Å². The number of cyclic esters (lactones) is 1. The average molecular weight is 196 g/mol. The van der Waals surface area contributed by atoms with Gasteiger partial charge >= 0.3 is 5.97 Å². The van der Waals surface area contributed by atoms with E-state index in [0.717, 1.165) is 6.29 Å². The number of aldehydes is 1. The molecule has 2 heterocycles. The molecule has 0 bridgehead atoms. The number of carbonyl (C=O) groups is 2. The number of carbonyl (C=O) groups excluding carboxylic acids is 2. The lowest BCUT2D eigenvalue weighted by Gasteiger charge is -2.35. The third-order valence-electron chi connectivity index (χ3n) is 2.87. The first-order valence-electron chi connectivity index (χ1n) is 4.72. The third-order valence-corrected chi connectivity index (χ3v) is 2.87. The van der Waals surface area contributed by atoms with Crippen LogP contribution in [0.15, 0.2) is 11.8 Å². The highest BCUT2D eigenvalue weighted by Gasteiger charge is 2.39. The Morgan fingerprint density at radius 2 is 2.36 bits per heavy atom. The van der Waals surface area contributed by atoms with Crippen molar-refractivity contribution in [3.05, 3.63) is 11.8 Å². The number of rotatable bonds is 1. The average Bonchev–Trinajstić information content (AvgIpc) is 2.18. The van der Waals surface area contributed by atoms with Gasteiger partial charge in [-0.15, -0.1) is 0 Å². The van der Waals surface area contributed by atoms with Crippen molar-refractivity contribution in [1.29, 1.82) is 0 Å². The van der Waals surface area contributed by atoms with Crippen LogP contribution in [0.5, 0.6) is 0 Å². The van der Waals surface area contributed by atoms with E-state index in [1.807, 2.05) is 6.92 Å². The van der Waals surface area contributed by atoms with E-state index in [1.54, 1.807) is 0 Å². The van der Waals surface area contributed by atoms with E-state index in [-0.39, 0.29) is 23.9 Å². The summed E-state index contributed by atoms with van der Waals surface area (Å²) in [4.78, 5) is 22.2. The molecule has 4 nitrogen and oxygen atoms in total. The molecule has 4 heteroatoms. The van der Waals surface area contributed by atoms with Crippen molar-refractivity contribution in [2.45, 2.75) is 19.4 Å². The van der Waals surface area contributed by atoms with Gasteiger partial charge in [-0.2, -0.15) is 0 Å². The fourth-order valence-corrected chi connectivity index (χ4v) is 2.01. The van der Waals surface area contributed by atoms with Gasteiger partial charge in [0, 0.05) is 5.92 Å². The molecule has 0 amide bonds. The summed E-state index contributed by atoms with van der Waals surface area (Å²) in [6.07, 6.45) is 2.89. The highest BCUT2D eigenvalue weighted by Crippen LogP contribution is 2.34. The molecule has 2 aliphatic rings. The molecule has 0 aromatic carbocycles. The molecule has 2 aliphatic heterocycles. The quantitative estimate of drug-likeness (QED) is 0.457. The molecule has 0 aliphatic carbocycles. The first-order chi connectivity index (χ1) is 6.74. The highest BCUT2D eigenvalue weighted by molar-refractivity contribution is 5.90. The van der Waals surface area contributed by atoms with E-state index in [2.05, 4.69) is 0 Å². The predicted octanol–water partition coefficient (Wildman–Crippen LogP) is 0.667. The van der Waals surface area contributed by atoms with E-state index in [0.29, 0.717) is 18.6 Å². The Morgan fingerprint density at radius 3 is 3.07 bits per heavy atom. The minimum atomic E-state index is -0.347. The zero-order chi connectivity index (χ0) is 10.1. The minimum Gasteiger partial charge on any atom is -0.497 e. The van der Waals surface area contributed by atoms with E-state index >= 15 is 0 Å². The van der Waals surface area contributed by atoms with E-state index in [4.69, 9.17) is 9.47 Å². The summed E-state index contributed by atoms with van der Waals surface area (Å²) in [6.45, 7) is 2.24. The molecule has 0 saturated carbocycles. The van der Waals surface area contributed by atoms with Crippen LogP contribution >= 0.6 is 0 Å². The van der Waals surface area contributed by atoms with Gasteiger partial charge in [0.2, 0.25) is 0 Å². The van der Waals surface area contributed by atoms with Gasteiger partial charge in [0.05, 0.1) is 24.4 Å². The van der Waals surface area contributed by atoms with Crippen LogP contribution in [-0.2, 0) is 19.1 Å². The Balaban J connectivity index is 2.29. The Kier molecular flexibility index (Phi) is 2.27. The summed E-state index contributed by atoms with van der Waals surface area (Å²) >= 11 is 0. The number of ether oxygens (including phenoxy) is 2. The molecule has 0 spiro atoms. The molecule has 0 N–H and O–H groups in total. The van der Waals surface area contributed by atoms with Crippen LogP contribution in [-0.4, -0.2) is 25.0 Å². The number of hydrogen-bond acceptors (Lipinski definition) is 4. The number of esters is 1. The second-order valence-electron chi connectivity index (χ2n) is 3.66. The molecule has 2 rings (SSSR count). The van der Waals surface area contributed by atoms with Gasteiger partial charge in [0.1, 0.15) is 12.4 Å². The molecule has 1 saturated heterocycles. The SMILES string of the molecule is C[C@@H]1OC=C2C(=O)OCC[C@@H]2[C@@H]1C=O. The molecule has 76 valence electrons. The Morgan fingerprint density at radius 1 is 1.57 bits per heavy atom. The van der Waals surface area contributed by atoms with Crippen LogP contribution in [0, 0.1) is 11.8 Å². The first-order valence-corrected chi connectivity index (χ1v) is 4.72. The zero-order valence-corrected chi connectivity index (χ0v) is 7.93. The van der Waals surface area contributed by atoms with Crippen LogP contribution in [0.25, 0.3) is 0 Å². The monoisotopic (exact) mass is 196 g/mol. The Bertz CT molecular complexity index is 294. The maximum absolute atomic E-state index is 11.3. The van der Waals surface area contributed by atoms with Gasteiger partial charge in [-0.3, -0.25) is 0 Å². The Hall–Kier alpha value is -1.32. The van der Waals surface area contributed by atoms with Gasteiger partial charge in [0.15, 0.2) is 0 Å². The summed E-state index contributed by atoms with van der Waals surface area (Å²) in [5.74, 6) is -0.583. The lowest BCUT2D eigenvalue weighted by atomic mass is 9.79. The normalized spacial score (nSPS) is 36.2. The van der Waals surface area contributed by atoms with Crippen LogP contribution < -0.4 is 0 Å². The van der Waals surface area contributed by atoms with Crippen molar-refractivity contribution in [3.8, 4) is 0 Å². The third kappa shape index (κ3) is 1.31. The van der Waals surface area contributed by atoms with Crippen LogP contribution in [0.2, 0.25) is 0 Å². The Labute approximate surface area is 81.9 Å². The van der Waals surface area contributed by atoms with Crippen molar-refractivity contribution < 1.29 is 19.1 Å². The standard InChI is InChI=1S/C10H12O4/c1-6-8(4-11)7-2-3-13-10(12)9(7)5-14-6/h4-8H,2-3H2,1H3/t6-,7+,8+/m0/s1. The van der Waals surface area contributed by atoms with Crippen molar-refractivity contribution in [2.24, 2.45) is 11.8 Å². The summed E-state index contributed by atoms with van der Waals surface area (Å²) in [5.41, 5.74) is 0.506. The van der Waals surface area contributed by atoms with E-state index in [1.165, 1.54) is 6.26 Å². The van der Waals surface area contributed by atoms with E-state index in [9.17, 15) is 9.59 Å². The minimum absolute atomic E-state index is 0.0162. The lowest BCUT2D eigenvalue weighted by Crippen LogP contribution is -2.39. The van der Waals surface area contributed by atoms with Crippen molar-refractivity contribution in [1.82, 2.24) is 0 Å². The maximum Gasteiger partial charge on any atom is 0.337 e. The second-order valence-corrected chi connectivity index (χ2v) is 3.66. The highest BCUT2D eigenvalue weighted by atomic mass is 16.5. The fraction of sp³-hybridized carbons (Fsp3) is 0.600. The number of fused-ring (bicyclic) bond motifs is 1. The molecule has 0 unspecified atom stereocenters. The molecule has 0 radical (unpaired) electrons. The van der Waals surface area contributed by atoms with Gasteiger partial charge in [0.25, 0.3) is 0 Å². The zero-order valence-electron chi connectivity index (χ0n) is 7.93. The van der Waals surface area contributed by atoms with Crippen molar-refractivity contribution in [3.63, 3.8) is 0 Å². The number of hydrogen-bond donors (Lipinski definition) is 0. The van der Waals surface area contributed by atoms with Crippen molar-refractivity contribution in [2.75, 3.05) is 6.61 Å². The molecule has 0 aromatic heterocycles. The fourth-order valence-electron chi connectivity index (χ4n) is 2.01. The van der Waals surface area contributed by atoms with Crippen LogP contribution in [0.1, 0.15) is 13.3 Å². The second kappa shape index (κ2) is 3.44. The topological polar surface area (TPSA) is 52.6 Å². The van der Waals surface area contributed by atoms with Crippen LogP contribution in [0.3, 0.4) is 0 Å². The molecule has 1 fully saturated rings. The summed E-state index contributed by atoms with van der Waals surface area (Å²) < 4.78 is 10.1. The van der Waals surface area contributed by atoms with Gasteiger partial charge < -0.3 is 14.3 Å². The predicted molar refractivity (Wildman–Crippen MR) is 47.3 cm³/mol. The largest absolute Gasteiger partial charge is 0.497 e. The molecular formula is C10H12O4. The van der Waals surface area contributed by atoms with E-state index < -0.39 is 0 Å². The molecule has 0 aromatic rings. The van der Waals surface area contributed by atoms with Gasteiger partial charge in [-0.1, -0.05) is 0 Å². The van der Waals surface area contributed by atoms with Gasteiger partial charge in [-0.05, 0) is 13.3 Å². The molecule has 14 heavy (non-hydrogen) atoms. The first kappa shape index (κ1) is 9.24. The molecule has 3 atom stereocenters. The van der Waals surface area contributed by atoms with Gasteiger partial charge in [-0.25, -0.2) is 4.79 Å². The summed E-state index contributed by atoms with van der Waals surface area (Å²) in [7, 11) is 0. The molecular weight excluding hydrogens is 184 g/mol. The maximum atomic E-state index is 11.3. The van der Waals surface area contributed by atoms with Crippen LogP contribution in [0.4, 0.5) is 0 Å². The summed E-state index contributed by atoms with van der Waals surface area (Å²) in [6, 6.07) is 0. The smallest absolute Gasteiger partial charge is 0.337 e. The lowest BCUT2D eigenvalue weighted by molar-refractivity contribution is -0.145.